The van der Waals surface area contributed by atoms with Gasteiger partial charge in [-0.1, -0.05) is 12.1 Å². The van der Waals surface area contributed by atoms with Crippen molar-refractivity contribution in [2.45, 2.75) is 64.2 Å². The molecule has 2 atom stereocenters. The molecule has 0 saturated carbocycles. The molecule has 15 heteroatoms. The minimum atomic E-state index is -2.95. The highest BCUT2D eigenvalue weighted by Gasteiger charge is 2.48. The number of piperidine rings is 2. The SMILES string of the molecule is COc1cc(-c2cn(C)c(=O)c(C)c2C)cc(OC)c1CN1CCC(N2CCN(Cc3cccc4c3n(C)c(=O)n4C3CCC(=O)NC3=O)CC2)C(F)(F)C1. The van der Waals surface area contributed by atoms with E-state index >= 15 is 8.78 Å². The molecule has 3 aliphatic heterocycles. The van der Waals surface area contributed by atoms with Gasteiger partial charge in [0, 0.05) is 83.7 Å². The van der Waals surface area contributed by atoms with E-state index in [9.17, 15) is 19.2 Å². The number of fused-ring (bicyclic) bond motifs is 1. The number of carbonyl (C=O) groups is 2. The number of halogens is 2. The fourth-order valence-electron chi connectivity index (χ4n) is 8.72. The number of likely N-dealkylation sites (tertiary alicyclic amines) is 1. The third-order valence-corrected chi connectivity index (χ3v) is 11.8. The number of aromatic nitrogens is 3. The maximum atomic E-state index is 16.0. The van der Waals surface area contributed by atoms with Gasteiger partial charge in [0.15, 0.2) is 0 Å². The fourth-order valence-corrected chi connectivity index (χ4v) is 8.72. The van der Waals surface area contributed by atoms with Crippen molar-refractivity contribution in [3.8, 4) is 22.6 Å². The van der Waals surface area contributed by atoms with E-state index in [2.05, 4.69) is 10.2 Å². The van der Waals surface area contributed by atoms with Gasteiger partial charge in [-0.3, -0.25) is 43.5 Å². The number of hydrogen-bond acceptors (Lipinski definition) is 9. The molecule has 3 aliphatic rings. The predicted molar refractivity (Wildman–Crippen MR) is 204 cm³/mol. The molecule has 5 heterocycles. The summed E-state index contributed by atoms with van der Waals surface area (Å²) >= 11 is 0. The molecular weight excluding hydrogens is 712 g/mol. The smallest absolute Gasteiger partial charge is 0.329 e. The van der Waals surface area contributed by atoms with Crippen LogP contribution in [0, 0.1) is 13.8 Å². The molecule has 1 N–H and O–H groups in total. The monoisotopic (exact) mass is 761 g/mol. The average molecular weight is 762 g/mol. The number of aryl methyl sites for hydroxylation is 2. The zero-order valence-corrected chi connectivity index (χ0v) is 32.3. The summed E-state index contributed by atoms with van der Waals surface area (Å²) in [5.74, 6) is -2.71. The van der Waals surface area contributed by atoms with Gasteiger partial charge < -0.3 is 14.0 Å². The molecule has 0 bridgehead atoms. The molecule has 3 saturated heterocycles. The number of nitrogens with zero attached hydrogens (tertiary/aromatic N) is 6. The number of para-hydroxylation sites is 1. The van der Waals surface area contributed by atoms with E-state index < -0.39 is 30.5 Å². The van der Waals surface area contributed by atoms with Crippen LogP contribution in [0.1, 0.15) is 47.6 Å². The quantitative estimate of drug-likeness (QED) is 0.256. The number of pyridine rings is 1. The second kappa shape index (κ2) is 15.0. The zero-order valence-electron chi connectivity index (χ0n) is 32.3. The van der Waals surface area contributed by atoms with Crippen molar-refractivity contribution in [2.75, 3.05) is 53.5 Å². The first kappa shape index (κ1) is 38.4. The number of hydrogen-bond donors (Lipinski definition) is 1. The van der Waals surface area contributed by atoms with Gasteiger partial charge in [-0.15, -0.1) is 0 Å². The Morgan fingerprint density at radius 1 is 0.873 bits per heavy atom. The van der Waals surface area contributed by atoms with Gasteiger partial charge in [-0.05, 0) is 61.6 Å². The summed E-state index contributed by atoms with van der Waals surface area (Å²) in [5, 5.41) is 2.35. The number of nitrogens with one attached hydrogen (secondary N) is 1. The van der Waals surface area contributed by atoms with Crippen LogP contribution in [0.5, 0.6) is 11.5 Å². The van der Waals surface area contributed by atoms with Crippen LogP contribution < -0.4 is 26.0 Å². The second-order valence-electron chi connectivity index (χ2n) is 15.1. The van der Waals surface area contributed by atoms with Crippen LogP contribution in [0.3, 0.4) is 0 Å². The summed E-state index contributed by atoms with van der Waals surface area (Å²) in [6.07, 6.45) is 2.52. The van der Waals surface area contributed by atoms with Crippen molar-refractivity contribution in [2.24, 2.45) is 14.1 Å². The van der Waals surface area contributed by atoms with E-state index in [0.717, 1.165) is 27.8 Å². The molecule has 2 amide bonds. The van der Waals surface area contributed by atoms with Gasteiger partial charge in [0.25, 0.3) is 11.5 Å². The lowest BCUT2D eigenvalue weighted by molar-refractivity contribution is -0.136. The summed E-state index contributed by atoms with van der Waals surface area (Å²) in [5.41, 5.74) is 5.74. The van der Waals surface area contributed by atoms with E-state index in [1.807, 2.05) is 42.2 Å². The average Bonchev–Trinajstić information content (AvgIpc) is 3.41. The normalized spacial score (nSPS) is 21.2. The van der Waals surface area contributed by atoms with Gasteiger partial charge in [-0.25, -0.2) is 13.6 Å². The molecule has 2 aromatic carbocycles. The Morgan fingerprint density at radius 2 is 1.56 bits per heavy atom. The number of methoxy groups -OCH3 is 2. The lowest BCUT2D eigenvalue weighted by Crippen LogP contribution is -2.61. The summed E-state index contributed by atoms with van der Waals surface area (Å²) in [4.78, 5) is 56.2. The zero-order chi connectivity index (χ0) is 39.3. The van der Waals surface area contributed by atoms with Crippen LogP contribution >= 0.6 is 0 Å². The number of imide groups is 1. The maximum Gasteiger partial charge on any atom is 0.329 e. The van der Waals surface area contributed by atoms with Gasteiger partial charge >= 0.3 is 5.69 Å². The first-order chi connectivity index (χ1) is 26.2. The molecule has 55 heavy (non-hydrogen) atoms. The summed E-state index contributed by atoms with van der Waals surface area (Å²) in [6.45, 7) is 6.69. The number of benzene rings is 2. The van der Waals surface area contributed by atoms with E-state index in [0.29, 0.717) is 73.8 Å². The minimum Gasteiger partial charge on any atom is -0.496 e. The molecule has 2 aromatic heterocycles. The Hall–Kier alpha value is -4.86. The van der Waals surface area contributed by atoms with Crippen molar-refractivity contribution in [1.82, 2.24) is 33.7 Å². The molecule has 0 radical (unpaired) electrons. The van der Waals surface area contributed by atoms with E-state index in [-0.39, 0.29) is 36.5 Å². The highest BCUT2D eigenvalue weighted by atomic mass is 19.3. The van der Waals surface area contributed by atoms with Crippen LogP contribution in [-0.2, 0) is 36.8 Å². The van der Waals surface area contributed by atoms with Crippen LogP contribution in [0.25, 0.3) is 22.2 Å². The lowest BCUT2D eigenvalue weighted by Gasteiger charge is -2.46. The summed E-state index contributed by atoms with van der Waals surface area (Å²) in [7, 11) is 6.51. The molecule has 3 fully saturated rings. The van der Waals surface area contributed by atoms with Gasteiger partial charge in [0.05, 0.1) is 43.4 Å². The molecule has 13 nitrogen and oxygen atoms in total. The molecule has 0 spiro atoms. The first-order valence-electron chi connectivity index (χ1n) is 18.7. The molecule has 0 aliphatic carbocycles. The third-order valence-electron chi connectivity index (χ3n) is 11.8. The van der Waals surface area contributed by atoms with Crippen LogP contribution in [0.2, 0.25) is 0 Å². The van der Waals surface area contributed by atoms with Crippen molar-refractivity contribution >= 4 is 22.8 Å². The second-order valence-corrected chi connectivity index (χ2v) is 15.1. The fraction of sp³-hybridized carbons (Fsp3) is 0.500. The maximum absolute atomic E-state index is 16.0. The molecule has 2 unspecified atom stereocenters. The van der Waals surface area contributed by atoms with Gasteiger partial charge in [-0.2, -0.15) is 0 Å². The summed E-state index contributed by atoms with van der Waals surface area (Å²) in [6, 6.07) is 7.73. The first-order valence-corrected chi connectivity index (χ1v) is 18.7. The Labute approximate surface area is 318 Å². The number of imidazole rings is 1. The van der Waals surface area contributed by atoms with Crippen molar-refractivity contribution in [3.05, 3.63) is 79.6 Å². The topological polar surface area (TPSA) is 123 Å². The highest BCUT2D eigenvalue weighted by Crippen LogP contribution is 2.39. The number of amides is 2. The number of ether oxygens (including phenoxy) is 2. The van der Waals surface area contributed by atoms with E-state index in [1.165, 1.54) is 4.57 Å². The van der Waals surface area contributed by atoms with Gasteiger partial charge in [0.1, 0.15) is 17.5 Å². The number of piperazine rings is 1. The van der Waals surface area contributed by atoms with Crippen LogP contribution in [-0.4, -0.2) is 106 Å². The summed E-state index contributed by atoms with van der Waals surface area (Å²) < 4.78 is 48.2. The highest BCUT2D eigenvalue weighted by molar-refractivity contribution is 6.00. The van der Waals surface area contributed by atoms with Crippen molar-refractivity contribution < 1.29 is 27.8 Å². The van der Waals surface area contributed by atoms with Crippen molar-refractivity contribution in [3.63, 3.8) is 0 Å². The van der Waals surface area contributed by atoms with E-state index in [4.69, 9.17) is 9.47 Å². The minimum absolute atomic E-state index is 0.0635. The molecule has 4 aromatic rings. The number of alkyl halides is 2. The van der Waals surface area contributed by atoms with Crippen LogP contribution in [0.15, 0.2) is 46.1 Å². The Kier molecular flexibility index (Phi) is 10.5. The lowest BCUT2D eigenvalue weighted by atomic mass is 9.95. The standard InChI is InChI=1S/C40H49F2N7O6/c1-24-25(2)38(52)44(3)21-28(24)27-18-32(54-5)29(33(19-27)55-6)22-47-13-12-34(40(41,42)23-47)48-16-14-46(15-17-48)20-26-8-7-9-30-36(26)45(4)39(53)49(30)31-10-11-35(50)43-37(31)51/h7-9,18-19,21,31,34H,10-17,20,22-23H2,1-6H3,(H,43,50,51). The molecule has 7 rings (SSSR count). The third kappa shape index (κ3) is 7.09. The predicted octanol–water partition coefficient (Wildman–Crippen LogP) is 3.34. The van der Waals surface area contributed by atoms with Crippen LogP contribution in [0.4, 0.5) is 8.78 Å². The molecule has 294 valence electrons. The number of carbonyl (C=O) groups excluding carboxylic acids is 2. The Morgan fingerprint density at radius 3 is 2.20 bits per heavy atom. The largest absolute Gasteiger partial charge is 0.496 e. The Balaban J connectivity index is 1.01. The molecular formula is C40H49F2N7O6. The van der Waals surface area contributed by atoms with Crippen molar-refractivity contribution in [1.29, 1.82) is 0 Å². The number of rotatable bonds is 9. The van der Waals surface area contributed by atoms with Gasteiger partial charge in [0.2, 0.25) is 11.8 Å². The van der Waals surface area contributed by atoms with E-state index in [1.54, 1.807) is 55.5 Å². The Bertz CT molecular complexity index is 2250.